The van der Waals surface area contributed by atoms with Gasteiger partial charge in [-0.1, -0.05) is 43.3 Å². The first-order valence-corrected chi connectivity index (χ1v) is 8.47. The van der Waals surface area contributed by atoms with E-state index in [1.165, 1.54) is 24.2 Å². The van der Waals surface area contributed by atoms with E-state index >= 15 is 0 Å². The van der Waals surface area contributed by atoms with Crippen LogP contribution in [0.2, 0.25) is 0 Å². The van der Waals surface area contributed by atoms with Gasteiger partial charge in [-0.15, -0.1) is 11.3 Å². The highest BCUT2D eigenvalue weighted by Gasteiger charge is 2.15. The SMILES string of the molecule is CCCCSc1nc(C)c(C(=O)Nc2ccccc2)s1. The van der Waals surface area contributed by atoms with Gasteiger partial charge in [-0.25, -0.2) is 4.98 Å². The molecule has 0 aliphatic heterocycles. The number of hydrogen-bond acceptors (Lipinski definition) is 4. The molecule has 0 saturated carbocycles. The average molecular weight is 306 g/mol. The van der Waals surface area contributed by atoms with Crippen molar-refractivity contribution in [1.82, 2.24) is 4.98 Å². The highest BCUT2D eigenvalue weighted by atomic mass is 32.2. The van der Waals surface area contributed by atoms with Crippen molar-refractivity contribution in [1.29, 1.82) is 0 Å². The highest BCUT2D eigenvalue weighted by molar-refractivity contribution is 8.01. The zero-order chi connectivity index (χ0) is 14.4. The van der Waals surface area contributed by atoms with Gasteiger partial charge in [-0.05, 0) is 25.5 Å². The number of amides is 1. The Morgan fingerprint density at radius 3 is 2.80 bits per heavy atom. The second kappa shape index (κ2) is 7.45. The number of nitrogens with one attached hydrogen (secondary N) is 1. The van der Waals surface area contributed by atoms with Crippen LogP contribution in [0.5, 0.6) is 0 Å². The third-order valence-electron chi connectivity index (χ3n) is 2.74. The quantitative estimate of drug-likeness (QED) is 0.626. The fraction of sp³-hybridized carbons (Fsp3) is 0.333. The lowest BCUT2D eigenvalue weighted by atomic mass is 10.3. The lowest BCUT2D eigenvalue weighted by Gasteiger charge is -2.02. The number of unbranched alkanes of at least 4 members (excludes halogenated alkanes) is 1. The van der Waals surface area contributed by atoms with E-state index in [-0.39, 0.29) is 5.91 Å². The maximum Gasteiger partial charge on any atom is 0.267 e. The van der Waals surface area contributed by atoms with Crippen LogP contribution in [0.25, 0.3) is 0 Å². The van der Waals surface area contributed by atoms with E-state index in [0.29, 0.717) is 4.88 Å². The third kappa shape index (κ3) is 4.08. The Labute approximate surface area is 127 Å². The van der Waals surface area contributed by atoms with Crippen LogP contribution in [-0.2, 0) is 0 Å². The van der Waals surface area contributed by atoms with Crippen LogP contribution in [0, 0.1) is 6.92 Å². The number of thiazole rings is 1. The van der Waals surface area contributed by atoms with Gasteiger partial charge in [0.25, 0.3) is 5.91 Å². The van der Waals surface area contributed by atoms with Crippen LogP contribution in [0.4, 0.5) is 5.69 Å². The number of aromatic nitrogens is 1. The Morgan fingerprint density at radius 2 is 2.10 bits per heavy atom. The van der Waals surface area contributed by atoms with Crippen LogP contribution in [0.1, 0.15) is 35.1 Å². The van der Waals surface area contributed by atoms with Gasteiger partial charge < -0.3 is 5.32 Å². The summed E-state index contributed by atoms with van der Waals surface area (Å²) in [5.74, 6) is 0.983. The van der Waals surface area contributed by atoms with Gasteiger partial charge in [-0.2, -0.15) is 0 Å². The summed E-state index contributed by atoms with van der Waals surface area (Å²) in [5, 5.41) is 2.90. The standard InChI is InChI=1S/C15H18N2OS2/c1-3-4-10-19-15-16-11(2)13(20-15)14(18)17-12-8-6-5-7-9-12/h5-9H,3-4,10H2,1-2H3,(H,17,18). The van der Waals surface area contributed by atoms with E-state index in [4.69, 9.17) is 0 Å². The Bertz CT molecular complexity index is 567. The number of hydrogen-bond donors (Lipinski definition) is 1. The molecule has 0 saturated heterocycles. The lowest BCUT2D eigenvalue weighted by molar-refractivity contribution is 0.103. The van der Waals surface area contributed by atoms with Gasteiger partial charge in [0.1, 0.15) is 4.88 Å². The van der Waals surface area contributed by atoms with Crippen LogP contribution in [0.3, 0.4) is 0 Å². The van der Waals surface area contributed by atoms with Crippen LogP contribution < -0.4 is 5.32 Å². The molecule has 1 aromatic carbocycles. The van der Waals surface area contributed by atoms with Gasteiger partial charge in [0.2, 0.25) is 0 Å². The summed E-state index contributed by atoms with van der Waals surface area (Å²) >= 11 is 3.21. The Balaban J connectivity index is 2.02. The molecule has 1 amide bonds. The Hall–Kier alpha value is -1.33. The number of carbonyl (C=O) groups excluding carboxylic acids is 1. The molecule has 2 aromatic rings. The summed E-state index contributed by atoms with van der Waals surface area (Å²) in [5.41, 5.74) is 1.62. The molecule has 0 spiro atoms. The first-order valence-electron chi connectivity index (χ1n) is 6.67. The highest BCUT2D eigenvalue weighted by Crippen LogP contribution is 2.28. The van der Waals surface area contributed by atoms with Gasteiger partial charge in [-0.3, -0.25) is 4.79 Å². The van der Waals surface area contributed by atoms with Crippen molar-refractivity contribution in [3.8, 4) is 0 Å². The molecule has 0 radical (unpaired) electrons. The molecule has 1 heterocycles. The van der Waals surface area contributed by atoms with Crippen molar-refractivity contribution in [2.24, 2.45) is 0 Å². The monoisotopic (exact) mass is 306 g/mol. The molecule has 0 aliphatic carbocycles. The lowest BCUT2D eigenvalue weighted by Crippen LogP contribution is -2.11. The Morgan fingerprint density at radius 1 is 1.35 bits per heavy atom. The minimum Gasteiger partial charge on any atom is -0.321 e. The normalized spacial score (nSPS) is 10.5. The molecule has 20 heavy (non-hydrogen) atoms. The molecule has 106 valence electrons. The maximum atomic E-state index is 12.2. The first-order chi connectivity index (χ1) is 9.70. The van der Waals surface area contributed by atoms with E-state index in [0.717, 1.165) is 21.5 Å². The smallest absolute Gasteiger partial charge is 0.267 e. The minimum absolute atomic E-state index is 0.0754. The van der Waals surface area contributed by atoms with Crippen molar-refractivity contribution < 1.29 is 4.79 Å². The van der Waals surface area contributed by atoms with Crippen LogP contribution >= 0.6 is 23.1 Å². The van der Waals surface area contributed by atoms with E-state index in [1.54, 1.807) is 11.8 Å². The molecular weight excluding hydrogens is 288 g/mol. The second-order valence-electron chi connectivity index (χ2n) is 4.42. The molecule has 0 atom stereocenters. The number of thioether (sulfide) groups is 1. The van der Waals surface area contributed by atoms with Crippen LogP contribution in [-0.4, -0.2) is 16.6 Å². The van der Waals surface area contributed by atoms with Crippen molar-refractivity contribution >= 4 is 34.7 Å². The molecule has 0 fully saturated rings. The second-order valence-corrected chi connectivity index (χ2v) is 6.76. The van der Waals surface area contributed by atoms with E-state index < -0.39 is 0 Å². The molecule has 3 nitrogen and oxygen atoms in total. The van der Waals surface area contributed by atoms with Crippen molar-refractivity contribution in [3.05, 3.63) is 40.9 Å². The number of nitrogens with zero attached hydrogens (tertiary/aromatic N) is 1. The number of carbonyl (C=O) groups is 1. The van der Waals surface area contributed by atoms with Gasteiger partial charge >= 0.3 is 0 Å². The van der Waals surface area contributed by atoms with E-state index in [2.05, 4.69) is 17.2 Å². The van der Waals surface area contributed by atoms with Gasteiger partial charge in [0.05, 0.1) is 5.69 Å². The molecule has 1 aromatic heterocycles. The summed E-state index contributed by atoms with van der Waals surface area (Å²) in [6.45, 7) is 4.06. The summed E-state index contributed by atoms with van der Waals surface area (Å²) in [6, 6.07) is 9.49. The van der Waals surface area contributed by atoms with E-state index in [9.17, 15) is 4.79 Å². The molecule has 5 heteroatoms. The average Bonchev–Trinajstić information content (AvgIpc) is 2.81. The van der Waals surface area contributed by atoms with Crippen molar-refractivity contribution in [3.63, 3.8) is 0 Å². The van der Waals surface area contributed by atoms with Gasteiger partial charge in [0, 0.05) is 11.4 Å². The number of benzene rings is 1. The molecular formula is C15H18N2OS2. The predicted molar refractivity (Wildman–Crippen MR) is 86.9 cm³/mol. The maximum absolute atomic E-state index is 12.2. The molecule has 1 N–H and O–H groups in total. The summed E-state index contributed by atoms with van der Waals surface area (Å²) in [7, 11) is 0. The first kappa shape index (κ1) is 15.1. The number of rotatable bonds is 6. The molecule has 0 bridgehead atoms. The molecule has 2 rings (SSSR count). The topological polar surface area (TPSA) is 42.0 Å². The number of anilines is 1. The van der Waals surface area contributed by atoms with Crippen LogP contribution in [0.15, 0.2) is 34.7 Å². The minimum atomic E-state index is -0.0754. The third-order valence-corrected chi connectivity index (χ3v) is 5.12. The molecule has 0 aliphatic rings. The zero-order valence-electron chi connectivity index (χ0n) is 11.7. The fourth-order valence-electron chi connectivity index (χ4n) is 1.66. The summed E-state index contributed by atoms with van der Waals surface area (Å²) in [4.78, 5) is 17.4. The van der Waals surface area contributed by atoms with Crippen molar-refractivity contribution in [2.75, 3.05) is 11.1 Å². The van der Waals surface area contributed by atoms with E-state index in [1.807, 2.05) is 37.3 Å². The Kier molecular flexibility index (Phi) is 5.61. The largest absolute Gasteiger partial charge is 0.321 e. The fourth-order valence-corrected chi connectivity index (χ4v) is 3.90. The van der Waals surface area contributed by atoms with Gasteiger partial charge in [0.15, 0.2) is 4.34 Å². The van der Waals surface area contributed by atoms with Crippen molar-refractivity contribution in [2.45, 2.75) is 31.0 Å². The zero-order valence-corrected chi connectivity index (χ0v) is 13.3. The number of para-hydroxylation sites is 1. The summed E-state index contributed by atoms with van der Waals surface area (Å²) < 4.78 is 0.981. The molecule has 0 unspecified atom stereocenters. The number of aryl methyl sites for hydroxylation is 1. The predicted octanol–water partition coefficient (Wildman–Crippen LogP) is 4.60. The summed E-state index contributed by atoms with van der Waals surface area (Å²) in [6.07, 6.45) is 2.35.